The van der Waals surface area contributed by atoms with Crippen molar-refractivity contribution in [3.63, 3.8) is 0 Å². The van der Waals surface area contributed by atoms with Gasteiger partial charge in [0.15, 0.2) is 0 Å². The van der Waals surface area contributed by atoms with Crippen LogP contribution < -0.4 is 0 Å². The van der Waals surface area contributed by atoms with Gasteiger partial charge in [0.1, 0.15) is 21.0 Å². The molecule has 0 fully saturated rings. The van der Waals surface area contributed by atoms with Crippen LogP contribution in [0.15, 0.2) is 36.4 Å². The molecule has 0 spiro atoms. The predicted molar refractivity (Wildman–Crippen MR) is 75.0 cm³/mol. The Morgan fingerprint density at radius 1 is 1.20 bits per heavy atom. The standard InChI is InChI=1S/C13H8N2O4S/c16-9-6-8(15(18)19)11(17)10-12(9)20-13(14-10)7-4-2-1-3-5-7/h1-6,16-17H. The second-order valence-corrected chi connectivity index (χ2v) is 5.08. The lowest BCUT2D eigenvalue weighted by Crippen LogP contribution is -1.89. The van der Waals surface area contributed by atoms with Crippen molar-refractivity contribution in [1.29, 1.82) is 0 Å². The molecule has 2 N–H and O–H groups in total. The minimum atomic E-state index is -0.754. The van der Waals surface area contributed by atoms with Gasteiger partial charge in [-0.05, 0) is 0 Å². The maximum absolute atomic E-state index is 10.8. The highest BCUT2D eigenvalue weighted by Gasteiger charge is 2.23. The minimum Gasteiger partial charge on any atom is -0.506 e. The van der Waals surface area contributed by atoms with Crippen molar-refractivity contribution in [3.05, 3.63) is 46.5 Å². The van der Waals surface area contributed by atoms with E-state index in [2.05, 4.69) is 4.98 Å². The molecule has 3 rings (SSSR count). The van der Waals surface area contributed by atoms with Gasteiger partial charge in [0.2, 0.25) is 5.75 Å². The van der Waals surface area contributed by atoms with Crippen molar-refractivity contribution in [2.45, 2.75) is 0 Å². The van der Waals surface area contributed by atoms with Gasteiger partial charge < -0.3 is 10.2 Å². The van der Waals surface area contributed by atoms with Gasteiger partial charge in [-0.25, -0.2) is 4.98 Å². The third-order valence-corrected chi connectivity index (χ3v) is 3.94. The molecule has 0 amide bonds. The molecule has 2 aromatic carbocycles. The van der Waals surface area contributed by atoms with Gasteiger partial charge in [-0.1, -0.05) is 30.3 Å². The van der Waals surface area contributed by atoms with Crippen LogP contribution in [0.4, 0.5) is 5.69 Å². The number of rotatable bonds is 2. The first-order valence-corrected chi connectivity index (χ1v) is 6.45. The molecular formula is C13H8N2O4S. The van der Waals surface area contributed by atoms with Crippen LogP contribution in [0.2, 0.25) is 0 Å². The van der Waals surface area contributed by atoms with Gasteiger partial charge in [-0.15, -0.1) is 11.3 Å². The molecule has 1 aromatic heterocycles. The summed E-state index contributed by atoms with van der Waals surface area (Å²) in [7, 11) is 0. The monoisotopic (exact) mass is 288 g/mol. The largest absolute Gasteiger partial charge is 0.506 e. The number of phenols is 2. The summed E-state index contributed by atoms with van der Waals surface area (Å²) in [5, 5.41) is 31.1. The summed E-state index contributed by atoms with van der Waals surface area (Å²) in [4.78, 5) is 14.2. The molecule has 0 aliphatic rings. The number of nitro groups is 1. The highest BCUT2D eigenvalue weighted by atomic mass is 32.1. The number of hydrogen-bond acceptors (Lipinski definition) is 6. The first-order valence-electron chi connectivity index (χ1n) is 5.63. The summed E-state index contributed by atoms with van der Waals surface area (Å²) in [6.07, 6.45) is 0. The van der Waals surface area contributed by atoms with Crippen molar-refractivity contribution in [2.24, 2.45) is 0 Å². The van der Waals surface area contributed by atoms with E-state index >= 15 is 0 Å². The van der Waals surface area contributed by atoms with Crippen molar-refractivity contribution < 1.29 is 15.1 Å². The molecule has 1 heterocycles. The van der Waals surface area contributed by atoms with Crippen LogP contribution in [0.25, 0.3) is 20.8 Å². The van der Waals surface area contributed by atoms with E-state index in [1.165, 1.54) is 11.3 Å². The Kier molecular flexibility index (Phi) is 2.76. The number of nitrogens with zero attached hydrogens (tertiary/aromatic N) is 2. The summed E-state index contributed by atoms with van der Waals surface area (Å²) in [6.45, 7) is 0. The fourth-order valence-corrected chi connectivity index (χ4v) is 2.87. The van der Waals surface area contributed by atoms with Crippen molar-refractivity contribution in [1.82, 2.24) is 4.98 Å². The normalized spacial score (nSPS) is 10.8. The van der Waals surface area contributed by atoms with Crippen LogP contribution in [-0.2, 0) is 0 Å². The summed E-state index contributed by atoms with van der Waals surface area (Å²) in [6, 6.07) is 10.1. The Balaban J connectivity index is 2.29. The lowest BCUT2D eigenvalue weighted by atomic mass is 10.2. The maximum atomic E-state index is 10.8. The van der Waals surface area contributed by atoms with E-state index in [1.54, 1.807) is 0 Å². The molecule has 6 nitrogen and oxygen atoms in total. The molecule has 0 unspecified atom stereocenters. The number of aromatic hydroxyl groups is 2. The third-order valence-electron chi connectivity index (χ3n) is 2.82. The van der Waals surface area contributed by atoms with Gasteiger partial charge in [0, 0.05) is 5.56 Å². The Bertz CT molecular complexity index is 814. The van der Waals surface area contributed by atoms with E-state index in [-0.39, 0.29) is 11.3 Å². The first-order chi connectivity index (χ1) is 9.58. The molecule has 20 heavy (non-hydrogen) atoms. The zero-order chi connectivity index (χ0) is 14.3. The fourth-order valence-electron chi connectivity index (χ4n) is 1.88. The molecule has 100 valence electrons. The Morgan fingerprint density at radius 2 is 1.90 bits per heavy atom. The van der Waals surface area contributed by atoms with Crippen molar-refractivity contribution >= 4 is 27.2 Å². The van der Waals surface area contributed by atoms with Crippen molar-refractivity contribution in [2.75, 3.05) is 0 Å². The number of nitro benzene ring substituents is 1. The molecule has 0 bridgehead atoms. The van der Waals surface area contributed by atoms with Crippen LogP contribution in [0, 0.1) is 10.1 Å². The SMILES string of the molecule is O=[N+]([O-])c1cc(O)c2sc(-c3ccccc3)nc2c1O. The quantitative estimate of drug-likeness (QED) is 0.428. The Hall–Kier alpha value is -2.67. The summed E-state index contributed by atoms with van der Waals surface area (Å²) in [5.74, 6) is -0.787. The van der Waals surface area contributed by atoms with E-state index in [4.69, 9.17) is 0 Å². The van der Waals surface area contributed by atoms with E-state index in [0.717, 1.165) is 11.6 Å². The molecule has 0 saturated carbocycles. The average molecular weight is 288 g/mol. The zero-order valence-electron chi connectivity index (χ0n) is 9.98. The Labute approximate surface area is 116 Å². The zero-order valence-corrected chi connectivity index (χ0v) is 10.8. The summed E-state index contributed by atoms with van der Waals surface area (Å²) >= 11 is 1.17. The topological polar surface area (TPSA) is 96.5 Å². The highest BCUT2D eigenvalue weighted by Crippen LogP contribution is 2.44. The minimum absolute atomic E-state index is 0.0422. The highest BCUT2D eigenvalue weighted by molar-refractivity contribution is 7.22. The van der Waals surface area contributed by atoms with Crippen LogP contribution in [0.5, 0.6) is 11.5 Å². The second-order valence-electron chi connectivity index (χ2n) is 4.08. The van der Waals surface area contributed by atoms with Crippen molar-refractivity contribution in [3.8, 4) is 22.1 Å². The molecule has 7 heteroatoms. The molecular weight excluding hydrogens is 280 g/mol. The number of phenolic OH excluding ortho intramolecular Hbond substituents is 2. The smallest absolute Gasteiger partial charge is 0.316 e. The maximum Gasteiger partial charge on any atom is 0.316 e. The third kappa shape index (κ3) is 1.84. The van der Waals surface area contributed by atoms with Gasteiger partial charge in [-0.3, -0.25) is 10.1 Å². The van der Waals surface area contributed by atoms with Gasteiger partial charge >= 0.3 is 5.69 Å². The van der Waals surface area contributed by atoms with Crippen LogP contribution in [0.3, 0.4) is 0 Å². The van der Waals surface area contributed by atoms with Crippen LogP contribution >= 0.6 is 11.3 Å². The van der Waals surface area contributed by atoms with Gasteiger partial charge in [0.05, 0.1) is 11.0 Å². The second kappa shape index (κ2) is 4.46. The van der Waals surface area contributed by atoms with Crippen LogP contribution in [0.1, 0.15) is 0 Å². The summed E-state index contributed by atoms with van der Waals surface area (Å²) < 4.78 is 0.326. The molecule has 0 aliphatic heterocycles. The molecule has 0 radical (unpaired) electrons. The van der Waals surface area contributed by atoms with Crippen LogP contribution in [-0.4, -0.2) is 20.1 Å². The number of aromatic nitrogens is 1. The number of thiazole rings is 1. The Morgan fingerprint density at radius 3 is 2.55 bits per heavy atom. The van der Waals surface area contributed by atoms with Gasteiger partial charge in [0.25, 0.3) is 0 Å². The number of fused-ring (bicyclic) bond motifs is 1. The molecule has 3 aromatic rings. The van der Waals surface area contributed by atoms with E-state index in [9.17, 15) is 20.3 Å². The summed E-state index contributed by atoms with van der Waals surface area (Å²) in [5.41, 5.74) is 0.301. The van der Waals surface area contributed by atoms with E-state index in [1.807, 2.05) is 30.3 Å². The fraction of sp³-hybridized carbons (Fsp3) is 0. The predicted octanol–water partition coefficient (Wildman–Crippen LogP) is 3.28. The first kappa shape index (κ1) is 12.4. The van der Waals surface area contributed by atoms with Gasteiger partial charge in [-0.2, -0.15) is 0 Å². The lowest BCUT2D eigenvalue weighted by molar-refractivity contribution is -0.385. The van der Waals surface area contributed by atoms with E-state index in [0.29, 0.717) is 9.71 Å². The molecule has 0 atom stereocenters. The average Bonchev–Trinajstić information content (AvgIpc) is 2.89. The molecule has 0 aliphatic carbocycles. The number of hydrogen-bond donors (Lipinski definition) is 2. The van der Waals surface area contributed by atoms with E-state index < -0.39 is 16.4 Å². The number of benzene rings is 2. The lowest BCUT2D eigenvalue weighted by Gasteiger charge is -1.98. The molecule has 0 saturated heterocycles.